The number of hydrogen-bond acceptors (Lipinski definition) is 20. The Labute approximate surface area is 570 Å². The molecule has 0 aliphatic carbocycles. The van der Waals surface area contributed by atoms with Gasteiger partial charge in [0.2, 0.25) is 5.69 Å². The van der Waals surface area contributed by atoms with Crippen LogP contribution in [-0.4, -0.2) is 144 Å². The summed E-state index contributed by atoms with van der Waals surface area (Å²) < 4.78 is 198. The first-order valence-corrected chi connectivity index (χ1v) is 39.9. The number of rotatable bonds is 48. The highest BCUT2D eigenvalue weighted by Crippen LogP contribution is 2.54. The van der Waals surface area contributed by atoms with Crippen LogP contribution in [0.2, 0.25) is 0 Å². The summed E-state index contributed by atoms with van der Waals surface area (Å²) in [7, 11) is -11.7. The Balaban J connectivity index is 1.65. The quantitative estimate of drug-likeness (QED) is 0.00530. The SMILES string of the molecule is COCCCCCCOP(=O)(OCCCCNC(=O)C(F)(F)F)c1ccc2c(c1)C(C)(C)/C(=C/C=C/C=C/C1=[N+](CCCSOO[O-])c3ccc(P(=O)(OCCCCCCOC(=O)CCC(=O)OP(F)P)OCCCCNC(=O)C(F)(F)F)cc3C1(C)C)N2CCCCS(=O)(=O)O. The van der Waals surface area contributed by atoms with Crippen LogP contribution in [-0.2, 0) is 90.7 Å². The molecule has 0 saturated heterocycles. The van der Waals surface area contributed by atoms with E-state index in [0.29, 0.717) is 81.6 Å². The summed E-state index contributed by atoms with van der Waals surface area (Å²) in [5.74, 6) is -5.83. The number of unbranched alkanes of at least 4 members (excludes halogenated alkanes) is 9. The minimum absolute atomic E-state index is 0.0462. The molecule has 2 aromatic rings. The summed E-state index contributed by atoms with van der Waals surface area (Å²) in [5, 5.41) is 18.2. The molecule has 0 aromatic heterocycles. The minimum Gasteiger partial charge on any atom is -0.691 e. The van der Waals surface area contributed by atoms with Crippen molar-refractivity contribution in [3.8, 4) is 0 Å². The normalized spacial score (nSPS) is 16.6. The van der Waals surface area contributed by atoms with Crippen molar-refractivity contribution in [3.63, 3.8) is 0 Å². The lowest BCUT2D eigenvalue weighted by atomic mass is 9.81. The fourth-order valence-corrected chi connectivity index (χ4v) is 15.3. The summed E-state index contributed by atoms with van der Waals surface area (Å²) in [6, 6.07) is 10.2. The molecule has 0 radical (unpaired) electrons. The highest BCUT2D eigenvalue weighted by atomic mass is 32.2. The molecule has 36 heteroatoms. The molecule has 2 amide bonds. The number of nitrogens with zero attached hydrogens (tertiary/aromatic N) is 2. The number of carbonyl (C=O) groups excluding carboxylic acids is 4. The minimum atomic E-state index is -5.07. The zero-order valence-electron chi connectivity index (χ0n) is 54.9. The second-order valence-corrected chi connectivity index (χ2v) is 31.8. The van der Waals surface area contributed by atoms with Crippen LogP contribution in [0, 0.1) is 0 Å². The average Bonchev–Trinajstić information content (AvgIpc) is 1.60. The molecule has 548 valence electrons. The van der Waals surface area contributed by atoms with Crippen molar-refractivity contribution in [3.05, 3.63) is 83.6 Å². The number of esters is 1. The second kappa shape index (κ2) is 41.6. The Morgan fingerprint density at radius 2 is 1.21 bits per heavy atom. The third kappa shape index (κ3) is 29.0. The number of nitrogens with one attached hydrogen (secondary N) is 2. The van der Waals surface area contributed by atoms with Gasteiger partial charge in [0.1, 0.15) is 6.54 Å². The number of carbonyl (C=O) groups is 4. The zero-order valence-corrected chi connectivity index (χ0v) is 60.4. The molecule has 2 aromatic carbocycles. The van der Waals surface area contributed by atoms with Gasteiger partial charge in [0.05, 0.1) is 67.7 Å². The van der Waals surface area contributed by atoms with Crippen LogP contribution >= 0.6 is 44.3 Å². The van der Waals surface area contributed by atoms with Crippen LogP contribution < -0.4 is 31.4 Å². The largest absolute Gasteiger partial charge is 0.691 e. The van der Waals surface area contributed by atoms with E-state index in [9.17, 15) is 77.1 Å². The van der Waals surface area contributed by atoms with Gasteiger partial charge in [-0.3, -0.25) is 37.9 Å². The predicted octanol–water partition coefficient (Wildman–Crippen LogP) is 12.1. The van der Waals surface area contributed by atoms with E-state index >= 15 is 0 Å². The van der Waals surface area contributed by atoms with E-state index in [0.717, 1.165) is 54.0 Å². The van der Waals surface area contributed by atoms with Gasteiger partial charge in [-0.05, 0) is 135 Å². The van der Waals surface area contributed by atoms with Crippen molar-refractivity contribution in [2.75, 3.05) is 89.3 Å². The lowest BCUT2D eigenvalue weighted by molar-refractivity contribution is -0.777. The number of anilines is 1. The highest BCUT2D eigenvalue weighted by Gasteiger charge is 2.47. The number of ether oxygens (including phenoxy) is 2. The Morgan fingerprint density at radius 1 is 0.691 bits per heavy atom. The van der Waals surface area contributed by atoms with Crippen molar-refractivity contribution in [2.24, 2.45) is 0 Å². The molecule has 0 fully saturated rings. The molecule has 23 nitrogen and oxygen atoms in total. The van der Waals surface area contributed by atoms with Gasteiger partial charge >= 0.3 is 51.3 Å². The van der Waals surface area contributed by atoms with Crippen LogP contribution in [0.4, 0.5) is 41.9 Å². The lowest BCUT2D eigenvalue weighted by Crippen LogP contribution is -2.37. The first-order chi connectivity index (χ1) is 45.7. The van der Waals surface area contributed by atoms with Gasteiger partial charge in [-0.2, -0.15) is 47.9 Å². The molecule has 97 heavy (non-hydrogen) atoms. The second-order valence-electron chi connectivity index (χ2n) is 23.5. The molecule has 0 saturated carbocycles. The molecule has 2 aliphatic rings. The molecule has 0 bridgehead atoms. The summed E-state index contributed by atoms with van der Waals surface area (Å²) >= 11 is 0.814. The van der Waals surface area contributed by atoms with Crippen molar-refractivity contribution in [1.29, 1.82) is 0 Å². The Morgan fingerprint density at radius 3 is 1.73 bits per heavy atom. The third-order valence-corrected chi connectivity index (χ3v) is 21.4. The number of hydrogen-bond donors (Lipinski definition) is 3. The van der Waals surface area contributed by atoms with Gasteiger partial charge in [0, 0.05) is 92.1 Å². The molecule has 2 heterocycles. The van der Waals surface area contributed by atoms with E-state index < -0.39 is 86.1 Å². The highest BCUT2D eigenvalue weighted by molar-refractivity contribution is 8.08. The van der Waals surface area contributed by atoms with E-state index in [4.69, 9.17) is 27.6 Å². The summed E-state index contributed by atoms with van der Waals surface area (Å²) in [5.41, 5.74) is 2.79. The molecular formula is C61H89F7N4O19P4S2. The van der Waals surface area contributed by atoms with E-state index in [1.54, 1.807) is 63.8 Å². The van der Waals surface area contributed by atoms with E-state index in [1.165, 1.54) is 0 Å². The van der Waals surface area contributed by atoms with Gasteiger partial charge in [0.25, 0.3) is 18.3 Å². The van der Waals surface area contributed by atoms with Gasteiger partial charge in [-0.25, -0.2) is 0 Å². The van der Waals surface area contributed by atoms with E-state index in [-0.39, 0.29) is 102 Å². The molecule has 0 spiro atoms. The monoisotopic (exact) mass is 1500 g/mol. The molecule has 4 unspecified atom stereocenters. The number of halogens is 7. The maximum Gasteiger partial charge on any atom is 0.471 e. The maximum absolute atomic E-state index is 15.0. The number of benzene rings is 2. The number of allylic oxidation sites excluding steroid dienone is 6. The van der Waals surface area contributed by atoms with Crippen LogP contribution in [0.5, 0.6) is 0 Å². The summed E-state index contributed by atoms with van der Waals surface area (Å²) in [6.45, 7) is 8.13. The predicted molar refractivity (Wildman–Crippen MR) is 355 cm³/mol. The molecule has 3 N–H and O–H groups in total. The maximum atomic E-state index is 15.0. The summed E-state index contributed by atoms with van der Waals surface area (Å²) in [6.07, 6.45) is 4.63. The van der Waals surface area contributed by atoms with Gasteiger partial charge in [-0.15, -0.1) is 0 Å². The zero-order chi connectivity index (χ0) is 71.9. The van der Waals surface area contributed by atoms with Gasteiger partial charge in [-0.1, -0.05) is 51.3 Å². The standard InChI is InChI=1S/C61H89F7N4O19P4S2/c1-58(2)48-44-46(94(78,85-38-18-8-6-16-36-83-5)87-40-20-13-32-69-56(75)60(62,63)64)26-28-50(48)71(34-15-22-43-97(80,81)82)52(58)24-11-10-12-25-53-59(3,4)49-45-47(27-29-51(49)72(53)35-23-42-96-91-90-77)95(79,88-41-21-14-33-70-57(76)61(65,66)67)86-39-19-9-7-17-37-84-54(73)30-31-55(74)89-93(68)92/h10-12,24-29,44-45H,6-9,13-23,30-43,92H2,1-5H3,(H3-,69,70,75,76,77,80,81,82). The fourth-order valence-electron chi connectivity index (χ4n) is 10.4. The smallest absolute Gasteiger partial charge is 0.471 e. The molecule has 2 aliphatic heterocycles. The summed E-state index contributed by atoms with van der Waals surface area (Å²) in [4.78, 5) is 48.4. The molecule has 4 rings (SSSR count). The van der Waals surface area contributed by atoms with E-state index in [2.05, 4.69) is 18.5 Å². The van der Waals surface area contributed by atoms with Crippen LogP contribution in [0.3, 0.4) is 0 Å². The van der Waals surface area contributed by atoms with Crippen LogP contribution in [0.25, 0.3) is 0 Å². The lowest BCUT2D eigenvalue weighted by Gasteiger charge is -2.27. The number of fused-ring (bicyclic) bond motifs is 2. The topological polar surface area (TPSA) is 293 Å². The van der Waals surface area contributed by atoms with Crippen LogP contribution in [0.15, 0.2) is 72.5 Å². The van der Waals surface area contributed by atoms with Crippen molar-refractivity contribution in [1.82, 2.24) is 10.6 Å². The Bertz CT molecular complexity index is 3230. The van der Waals surface area contributed by atoms with Gasteiger partial charge < -0.3 is 52.9 Å². The Kier molecular flexibility index (Phi) is 36.6. The molecule has 4 atom stereocenters. The van der Waals surface area contributed by atoms with Crippen LogP contribution in [0.1, 0.15) is 148 Å². The van der Waals surface area contributed by atoms with E-state index in [1.807, 2.05) is 62.2 Å². The first-order valence-electron chi connectivity index (χ1n) is 31.6. The average molecular weight is 1500 g/mol. The fraction of sp³-hybridized carbons (Fsp3) is 0.623. The number of alkyl halides is 6. The van der Waals surface area contributed by atoms with Crippen molar-refractivity contribution in [2.45, 2.75) is 160 Å². The third-order valence-electron chi connectivity index (χ3n) is 15.4. The first kappa shape index (κ1) is 85.2. The van der Waals surface area contributed by atoms with Gasteiger partial charge in [0.15, 0.2) is 5.71 Å². The molecular weight excluding hydrogens is 1410 g/mol. The van der Waals surface area contributed by atoms with Crippen molar-refractivity contribution >= 4 is 106 Å². The number of amides is 2. The number of methoxy groups -OCH3 is 1. The Hall–Kier alpha value is -4.22. The van der Waals surface area contributed by atoms with Crippen molar-refractivity contribution < 1.29 is 123 Å².